The van der Waals surface area contributed by atoms with Gasteiger partial charge in [-0.3, -0.25) is 4.79 Å². The van der Waals surface area contributed by atoms with Crippen LogP contribution in [0.4, 0.5) is 0 Å². The molecule has 76 valence electrons. The third-order valence-corrected chi connectivity index (χ3v) is 2.22. The van der Waals surface area contributed by atoms with E-state index in [0.717, 1.165) is 17.3 Å². The number of para-hydroxylation sites is 2. The average molecular weight is 202 g/mol. The van der Waals surface area contributed by atoms with Crippen molar-refractivity contribution in [3.8, 4) is 0 Å². The van der Waals surface area contributed by atoms with Crippen LogP contribution in [0.2, 0.25) is 0 Å². The van der Waals surface area contributed by atoms with Gasteiger partial charge < -0.3 is 9.36 Å². The minimum absolute atomic E-state index is 0.171. The smallest absolute Gasteiger partial charge is 0.269 e. The van der Waals surface area contributed by atoms with Crippen LogP contribution in [0.25, 0.3) is 11.0 Å². The maximum Gasteiger partial charge on any atom is 0.269 e. The second kappa shape index (κ2) is 4.04. The van der Waals surface area contributed by atoms with Gasteiger partial charge in [0.1, 0.15) is 6.29 Å². The number of aryl methyl sites for hydroxylation is 1. The van der Waals surface area contributed by atoms with Crippen molar-refractivity contribution in [2.45, 2.75) is 13.0 Å². The second-order valence-corrected chi connectivity index (χ2v) is 3.19. The van der Waals surface area contributed by atoms with Crippen molar-refractivity contribution in [3.05, 3.63) is 40.8 Å². The van der Waals surface area contributed by atoms with Gasteiger partial charge in [-0.2, -0.15) is 0 Å². The van der Waals surface area contributed by atoms with Crippen LogP contribution in [0.3, 0.4) is 0 Å². The molecule has 0 amide bonds. The van der Waals surface area contributed by atoms with E-state index in [1.165, 1.54) is 6.20 Å². The number of benzene rings is 1. The number of aldehydes is 1. The number of hydrogen-bond acceptors (Lipinski definition) is 3. The Kier molecular flexibility index (Phi) is 2.58. The fraction of sp³-hybridized carbons (Fsp3) is 0.182. The Bertz CT molecular complexity index is 546. The van der Waals surface area contributed by atoms with Crippen LogP contribution in [-0.2, 0) is 11.3 Å². The Hall–Kier alpha value is -1.97. The Labute approximate surface area is 86.2 Å². The normalized spacial score (nSPS) is 10.4. The number of fused-ring (bicyclic) bond motifs is 1. The maximum atomic E-state index is 11.5. The van der Waals surface area contributed by atoms with Gasteiger partial charge in [-0.05, 0) is 12.1 Å². The highest BCUT2D eigenvalue weighted by atomic mass is 16.1. The number of hydrogen-bond donors (Lipinski definition) is 0. The van der Waals surface area contributed by atoms with E-state index in [1.807, 2.05) is 24.3 Å². The third kappa shape index (κ3) is 1.79. The summed E-state index contributed by atoms with van der Waals surface area (Å²) >= 11 is 0. The van der Waals surface area contributed by atoms with E-state index >= 15 is 0 Å². The fourth-order valence-corrected chi connectivity index (χ4v) is 1.53. The highest BCUT2D eigenvalue weighted by molar-refractivity contribution is 5.74. The molecule has 1 heterocycles. The molecule has 0 unspecified atom stereocenters. The molecule has 0 saturated heterocycles. The molecule has 0 bridgehead atoms. The summed E-state index contributed by atoms with van der Waals surface area (Å²) in [6, 6.07) is 7.38. The minimum Gasteiger partial charge on any atom is -0.305 e. The van der Waals surface area contributed by atoms with Crippen molar-refractivity contribution in [2.75, 3.05) is 0 Å². The Balaban J connectivity index is 2.63. The number of nitrogens with zero attached hydrogens (tertiary/aromatic N) is 2. The van der Waals surface area contributed by atoms with E-state index < -0.39 is 0 Å². The topological polar surface area (TPSA) is 52.0 Å². The van der Waals surface area contributed by atoms with Crippen LogP contribution in [0.15, 0.2) is 35.3 Å². The zero-order valence-electron chi connectivity index (χ0n) is 8.09. The van der Waals surface area contributed by atoms with Gasteiger partial charge in [0.25, 0.3) is 5.56 Å². The van der Waals surface area contributed by atoms with Crippen LogP contribution in [-0.4, -0.2) is 15.8 Å². The van der Waals surface area contributed by atoms with E-state index in [1.54, 1.807) is 4.57 Å². The van der Waals surface area contributed by atoms with Gasteiger partial charge in [0.15, 0.2) is 0 Å². The van der Waals surface area contributed by atoms with Crippen molar-refractivity contribution in [2.24, 2.45) is 0 Å². The lowest BCUT2D eigenvalue weighted by molar-refractivity contribution is -0.108. The molecule has 4 heteroatoms. The zero-order valence-corrected chi connectivity index (χ0v) is 8.09. The molecule has 0 atom stereocenters. The summed E-state index contributed by atoms with van der Waals surface area (Å²) in [5.74, 6) is 0. The summed E-state index contributed by atoms with van der Waals surface area (Å²) in [6.07, 6.45) is 2.43. The van der Waals surface area contributed by atoms with E-state index in [9.17, 15) is 9.59 Å². The first-order valence-electron chi connectivity index (χ1n) is 4.71. The predicted octanol–water partition coefficient (Wildman–Crippen LogP) is 0.985. The van der Waals surface area contributed by atoms with Crippen molar-refractivity contribution >= 4 is 17.3 Å². The first-order valence-corrected chi connectivity index (χ1v) is 4.71. The molecule has 0 aliphatic rings. The van der Waals surface area contributed by atoms with Crippen LogP contribution in [0.1, 0.15) is 6.42 Å². The Morgan fingerprint density at radius 1 is 1.33 bits per heavy atom. The SMILES string of the molecule is O=CCCn1c(=O)cnc2ccccc21. The van der Waals surface area contributed by atoms with E-state index in [-0.39, 0.29) is 5.56 Å². The zero-order chi connectivity index (χ0) is 10.7. The van der Waals surface area contributed by atoms with Crippen molar-refractivity contribution in [1.29, 1.82) is 0 Å². The van der Waals surface area contributed by atoms with Gasteiger partial charge in [-0.1, -0.05) is 12.1 Å². The molecule has 4 nitrogen and oxygen atoms in total. The molecule has 0 aliphatic heterocycles. The summed E-state index contributed by atoms with van der Waals surface area (Å²) in [5.41, 5.74) is 1.37. The van der Waals surface area contributed by atoms with Gasteiger partial charge in [0.05, 0.1) is 17.2 Å². The molecule has 2 aromatic rings. The molecule has 1 aromatic carbocycles. The fourth-order valence-electron chi connectivity index (χ4n) is 1.53. The second-order valence-electron chi connectivity index (χ2n) is 3.19. The van der Waals surface area contributed by atoms with E-state index in [4.69, 9.17) is 0 Å². The van der Waals surface area contributed by atoms with Crippen molar-refractivity contribution < 1.29 is 4.79 Å². The summed E-state index contributed by atoms with van der Waals surface area (Å²) in [4.78, 5) is 25.8. The lowest BCUT2D eigenvalue weighted by Gasteiger charge is -2.06. The van der Waals surface area contributed by atoms with Gasteiger partial charge in [0.2, 0.25) is 0 Å². The maximum absolute atomic E-state index is 11.5. The van der Waals surface area contributed by atoms with E-state index in [2.05, 4.69) is 4.98 Å². The molecule has 0 saturated carbocycles. The standard InChI is InChI=1S/C11H10N2O2/c14-7-3-6-13-10-5-2-1-4-9(10)12-8-11(13)15/h1-2,4-5,7-8H,3,6H2. The quantitative estimate of drug-likeness (QED) is 0.697. The summed E-state index contributed by atoms with van der Waals surface area (Å²) in [7, 11) is 0. The van der Waals surface area contributed by atoms with Crippen LogP contribution in [0.5, 0.6) is 0 Å². The number of aromatic nitrogens is 2. The number of rotatable bonds is 3. The lowest BCUT2D eigenvalue weighted by Crippen LogP contribution is -2.20. The Morgan fingerprint density at radius 3 is 2.93 bits per heavy atom. The summed E-state index contributed by atoms with van der Waals surface area (Å²) < 4.78 is 1.57. The molecule has 0 N–H and O–H groups in total. The molecule has 0 radical (unpaired) electrons. The van der Waals surface area contributed by atoms with Gasteiger partial charge in [-0.25, -0.2) is 4.98 Å². The summed E-state index contributed by atoms with van der Waals surface area (Å²) in [6.45, 7) is 0.408. The number of carbonyl (C=O) groups excluding carboxylic acids is 1. The van der Waals surface area contributed by atoms with Crippen LogP contribution in [0, 0.1) is 0 Å². The Morgan fingerprint density at radius 2 is 2.13 bits per heavy atom. The molecular formula is C11H10N2O2. The molecule has 2 rings (SSSR count). The molecular weight excluding hydrogens is 192 g/mol. The molecule has 0 aliphatic carbocycles. The highest BCUT2D eigenvalue weighted by Gasteiger charge is 2.02. The minimum atomic E-state index is -0.171. The van der Waals surface area contributed by atoms with Gasteiger partial charge in [0, 0.05) is 13.0 Å². The van der Waals surface area contributed by atoms with Crippen LogP contribution < -0.4 is 5.56 Å². The molecule has 15 heavy (non-hydrogen) atoms. The molecule has 0 fully saturated rings. The third-order valence-electron chi connectivity index (χ3n) is 2.22. The molecule has 1 aromatic heterocycles. The lowest BCUT2D eigenvalue weighted by atomic mass is 10.3. The van der Waals surface area contributed by atoms with Crippen molar-refractivity contribution in [1.82, 2.24) is 9.55 Å². The predicted molar refractivity (Wildman–Crippen MR) is 56.7 cm³/mol. The summed E-state index contributed by atoms with van der Waals surface area (Å²) in [5, 5.41) is 0. The highest BCUT2D eigenvalue weighted by Crippen LogP contribution is 2.07. The monoisotopic (exact) mass is 202 g/mol. The average Bonchev–Trinajstić information content (AvgIpc) is 2.28. The van der Waals surface area contributed by atoms with E-state index in [0.29, 0.717) is 13.0 Å². The molecule has 0 spiro atoms. The first kappa shape index (κ1) is 9.58. The first-order chi connectivity index (χ1) is 7.33. The van der Waals surface area contributed by atoms with Gasteiger partial charge in [-0.15, -0.1) is 0 Å². The van der Waals surface area contributed by atoms with Crippen LogP contribution >= 0.6 is 0 Å². The van der Waals surface area contributed by atoms with Gasteiger partial charge >= 0.3 is 0 Å². The largest absolute Gasteiger partial charge is 0.305 e. The number of carbonyl (C=O) groups is 1. The van der Waals surface area contributed by atoms with Crippen molar-refractivity contribution in [3.63, 3.8) is 0 Å².